The van der Waals surface area contributed by atoms with E-state index < -0.39 is 16.1 Å². The minimum absolute atomic E-state index is 0.269. The van der Waals surface area contributed by atoms with Crippen LogP contribution in [0, 0.1) is 18.3 Å². The van der Waals surface area contributed by atoms with Crippen molar-refractivity contribution in [2.75, 3.05) is 0 Å². The Labute approximate surface area is 154 Å². The third-order valence-electron chi connectivity index (χ3n) is 3.18. The summed E-state index contributed by atoms with van der Waals surface area (Å²) >= 11 is 1.99. The van der Waals surface area contributed by atoms with Crippen LogP contribution in [0.4, 0.5) is 0 Å². The summed E-state index contributed by atoms with van der Waals surface area (Å²) in [5.74, 6) is 0. The van der Waals surface area contributed by atoms with Crippen molar-refractivity contribution in [2.24, 2.45) is 4.40 Å². The number of aromatic nitrogens is 1. The molecule has 0 radical (unpaired) electrons. The number of nitriles is 1. The van der Waals surface area contributed by atoms with E-state index in [1.807, 2.05) is 58.0 Å². The summed E-state index contributed by atoms with van der Waals surface area (Å²) in [6.45, 7) is 7.50. The van der Waals surface area contributed by atoms with Crippen LogP contribution < -0.4 is 0 Å². The number of rotatable bonds is 3. The SMILES string of the molecule is Cc1cnc(C#N)c(/C(=N/[S+]([O-])C(C)(C)C)c2cccc(Br)c2)c1. The molecule has 0 saturated heterocycles. The molecule has 1 atom stereocenters. The molecule has 0 amide bonds. The maximum atomic E-state index is 12.6. The monoisotopic (exact) mass is 403 g/mol. The van der Waals surface area contributed by atoms with Crippen LogP contribution in [0.3, 0.4) is 0 Å². The van der Waals surface area contributed by atoms with Crippen molar-refractivity contribution in [3.63, 3.8) is 0 Å². The lowest BCUT2D eigenvalue weighted by molar-refractivity contribution is 0.561. The van der Waals surface area contributed by atoms with Crippen molar-refractivity contribution in [1.82, 2.24) is 4.98 Å². The molecule has 4 nitrogen and oxygen atoms in total. The Morgan fingerprint density at radius 2 is 2.04 bits per heavy atom. The van der Waals surface area contributed by atoms with Crippen molar-refractivity contribution in [2.45, 2.75) is 32.4 Å². The first kappa shape index (κ1) is 18.7. The van der Waals surface area contributed by atoms with Gasteiger partial charge < -0.3 is 4.55 Å². The predicted octanol–water partition coefficient (Wildman–Crippen LogP) is 4.32. The number of hydrogen-bond donors (Lipinski definition) is 0. The van der Waals surface area contributed by atoms with E-state index in [9.17, 15) is 9.81 Å². The number of pyridine rings is 1. The van der Waals surface area contributed by atoms with Crippen LogP contribution in [0.2, 0.25) is 0 Å². The quantitative estimate of drug-likeness (QED) is 0.565. The minimum atomic E-state index is -1.46. The molecule has 0 bridgehead atoms. The minimum Gasteiger partial charge on any atom is -0.591 e. The average Bonchev–Trinajstić information content (AvgIpc) is 2.51. The molecule has 0 spiro atoms. The fourth-order valence-corrected chi connectivity index (χ4v) is 2.99. The first-order valence-corrected chi connectivity index (χ1v) is 9.26. The van der Waals surface area contributed by atoms with Gasteiger partial charge in [0.2, 0.25) is 0 Å². The zero-order valence-corrected chi connectivity index (χ0v) is 16.4. The highest BCUT2D eigenvalue weighted by Crippen LogP contribution is 2.23. The standard InChI is InChI=1S/C18H18BrN3OS/c1-12-8-15(16(10-20)21-11-12)17(22-24(23)18(2,3)4)13-6-5-7-14(19)9-13/h5-9,11H,1-4H3/b22-17+. The van der Waals surface area contributed by atoms with Gasteiger partial charge >= 0.3 is 0 Å². The van der Waals surface area contributed by atoms with Gasteiger partial charge in [0, 0.05) is 21.8 Å². The number of nitrogens with zero attached hydrogens (tertiary/aromatic N) is 3. The molecule has 2 rings (SSSR count). The van der Waals surface area contributed by atoms with Crippen LogP contribution in [0.25, 0.3) is 0 Å². The third-order valence-corrected chi connectivity index (χ3v) is 5.07. The molecule has 0 saturated carbocycles. The highest BCUT2D eigenvalue weighted by atomic mass is 79.9. The first-order valence-electron chi connectivity index (χ1n) is 7.36. The van der Waals surface area contributed by atoms with E-state index in [0.29, 0.717) is 11.3 Å². The highest BCUT2D eigenvalue weighted by molar-refractivity contribution is 9.10. The van der Waals surface area contributed by atoms with Crippen molar-refractivity contribution >= 4 is 33.0 Å². The molecular formula is C18H18BrN3OS. The second-order valence-corrected chi connectivity index (χ2v) is 9.15. The molecule has 24 heavy (non-hydrogen) atoms. The fourth-order valence-electron chi connectivity index (χ4n) is 1.95. The van der Waals surface area contributed by atoms with Gasteiger partial charge in [-0.1, -0.05) is 32.5 Å². The van der Waals surface area contributed by atoms with Gasteiger partial charge in [-0.2, -0.15) is 5.26 Å². The molecule has 6 heteroatoms. The number of hydrogen-bond acceptors (Lipinski definition) is 4. The number of aryl methyl sites for hydroxylation is 1. The molecule has 2 aromatic rings. The summed E-state index contributed by atoms with van der Waals surface area (Å²) in [7, 11) is 0. The Kier molecular flexibility index (Phi) is 5.81. The molecule has 124 valence electrons. The Hall–Kier alpha value is -1.68. The molecule has 0 N–H and O–H groups in total. The van der Waals surface area contributed by atoms with Crippen LogP contribution in [0.1, 0.15) is 43.2 Å². The maximum Gasteiger partial charge on any atom is 0.150 e. The normalized spacial score (nSPS) is 13.5. The summed E-state index contributed by atoms with van der Waals surface area (Å²) in [6.07, 6.45) is 1.64. The summed E-state index contributed by atoms with van der Waals surface area (Å²) in [4.78, 5) is 4.18. The summed E-state index contributed by atoms with van der Waals surface area (Å²) in [5, 5.41) is 9.40. The second-order valence-electron chi connectivity index (χ2n) is 6.33. The highest BCUT2D eigenvalue weighted by Gasteiger charge is 2.28. The van der Waals surface area contributed by atoms with Crippen molar-refractivity contribution in [1.29, 1.82) is 5.26 Å². The lowest BCUT2D eigenvalue weighted by Gasteiger charge is -2.20. The lowest BCUT2D eigenvalue weighted by atomic mass is 10.0. The van der Waals surface area contributed by atoms with Crippen LogP contribution >= 0.6 is 15.9 Å². The first-order chi connectivity index (χ1) is 11.2. The average molecular weight is 404 g/mol. The number of benzene rings is 1. The van der Waals surface area contributed by atoms with E-state index >= 15 is 0 Å². The summed E-state index contributed by atoms with van der Waals surface area (Å²) < 4.78 is 17.4. The number of halogens is 1. The molecule has 1 unspecified atom stereocenters. The zero-order valence-electron chi connectivity index (χ0n) is 14.0. The molecule has 1 aromatic heterocycles. The largest absolute Gasteiger partial charge is 0.591 e. The van der Waals surface area contributed by atoms with Crippen LogP contribution in [-0.4, -0.2) is 20.0 Å². The maximum absolute atomic E-state index is 12.6. The van der Waals surface area contributed by atoms with Crippen LogP contribution in [0.5, 0.6) is 0 Å². The van der Waals surface area contributed by atoms with Gasteiger partial charge in [-0.05, 0) is 51.5 Å². The van der Waals surface area contributed by atoms with Gasteiger partial charge in [-0.3, -0.25) is 0 Å². The summed E-state index contributed by atoms with van der Waals surface area (Å²) in [5.41, 5.74) is 3.06. The predicted molar refractivity (Wildman–Crippen MR) is 101 cm³/mol. The van der Waals surface area contributed by atoms with E-state index in [-0.39, 0.29) is 5.69 Å². The van der Waals surface area contributed by atoms with Gasteiger partial charge in [0.15, 0.2) is 0 Å². The zero-order chi connectivity index (χ0) is 17.9. The smallest absolute Gasteiger partial charge is 0.150 e. The Bertz CT molecular complexity index is 822. The fraction of sp³-hybridized carbons (Fsp3) is 0.278. The van der Waals surface area contributed by atoms with Gasteiger partial charge in [-0.25, -0.2) is 4.98 Å². The van der Waals surface area contributed by atoms with E-state index in [1.165, 1.54) is 0 Å². The van der Waals surface area contributed by atoms with Crippen LogP contribution in [-0.2, 0) is 11.4 Å². The van der Waals surface area contributed by atoms with E-state index in [2.05, 4.69) is 31.4 Å². The van der Waals surface area contributed by atoms with Crippen molar-refractivity contribution in [3.05, 3.63) is 63.4 Å². The van der Waals surface area contributed by atoms with E-state index in [1.54, 1.807) is 6.20 Å². The second kappa shape index (κ2) is 7.47. The molecule has 0 aliphatic heterocycles. The van der Waals surface area contributed by atoms with Crippen molar-refractivity contribution in [3.8, 4) is 6.07 Å². The Balaban J connectivity index is 2.71. The topological polar surface area (TPSA) is 72.1 Å². The third kappa shape index (κ3) is 4.44. The summed E-state index contributed by atoms with van der Waals surface area (Å²) in [6, 6.07) is 11.5. The van der Waals surface area contributed by atoms with Crippen LogP contribution in [0.15, 0.2) is 45.4 Å². The van der Waals surface area contributed by atoms with Gasteiger partial charge in [0.1, 0.15) is 33.6 Å². The molecule has 1 heterocycles. The lowest BCUT2D eigenvalue weighted by Crippen LogP contribution is -2.27. The molecule has 1 aromatic carbocycles. The molecule has 0 aliphatic carbocycles. The Morgan fingerprint density at radius 3 is 2.62 bits per heavy atom. The molecular weight excluding hydrogens is 386 g/mol. The Morgan fingerprint density at radius 1 is 1.33 bits per heavy atom. The van der Waals surface area contributed by atoms with E-state index in [4.69, 9.17) is 0 Å². The van der Waals surface area contributed by atoms with Gasteiger partial charge in [-0.15, -0.1) is 0 Å². The van der Waals surface area contributed by atoms with Crippen molar-refractivity contribution < 1.29 is 4.55 Å². The van der Waals surface area contributed by atoms with E-state index in [0.717, 1.165) is 15.6 Å². The van der Waals surface area contributed by atoms with Gasteiger partial charge in [0.25, 0.3) is 0 Å². The molecule has 0 aliphatic rings. The molecule has 0 fully saturated rings. The van der Waals surface area contributed by atoms with Gasteiger partial charge in [0.05, 0.1) is 0 Å².